The molecule has 3 aromatic rings. The van der Waals surface area contributed by atoms with Crippen LogP contribution in [0.1, 0.15) is 35.5 Å². The first-order valence-corrected chi connectivity index (χ1v) is 11.3. The molecule has 1 aliphatic rings. The van der Waals surface area contributed by atoms with Crippen molar-refractivity contribution >= 4 is 46.3 Å². The van der Waals surface area contributed by atoms with Crippen molar-refractivity contribution in [1.82, 2.24) is 4.90 Å². The number of nitrogens with zero attached hydrogens (tertiary/aromatic N) is 1. The lowest BCUT2D eigenvalue weighted by atomic mass is 10.1. The lowest BCUT2D eigenvalue weighted by molar-refractivity contribution is -0.122. The Balaban J connectivity index is 1.47. The summed E-state index contributed by atoms with van der Waals surface area (Å²) < 4.78 is 11.6. The van der Waals surface area contributed by atoms with E-state index in [0.717, 1.165) is 11.1 Å². The zero-order chi connectivity index (χ0) is 22.7. The first-order chi connectivity index (χ1) is 15.4. The molecule has 1 aromatic heterocycles. The van der Waals surface area contributed by atoms with Crippen molar-refractivity contribution in [3.8, 4) is 11.3 Å². The van der Waals surface area contributed by atoms with Crippen molar-refractivity contribution < 1.29 is 18.7 Å². The maximum atomic E-state index is 12.8. The quantitative estimate of drug-likeness (QED) is 0.257. The lowest BCUT2D eigenvalue weighted by Crippen LogP contribution is -2.27. The van der Waals surface area contributed by atoms with E-state index in [1.54, 1.807) is 41.3 Å². The van der Waals surface area contributed by atoms with Gasteiger partial charge in [-0.3, -0.25) is 9.69 Å². The number of carbonyl (C=O) groups excluding carboxylic acids is 2. The highest BCUT2D eigenvalue weighted by Gasteiger charge is 2.32. The highest BCUT2D eigenvalue weighted by molar-refractivity contribution is 8.26. The number of esters is 1. The summed E-state index contributed by atoms with van der Waals surface area (Å²) in [4.78, 5) is 27.0. The topological polar surface area (TPSA) is 59.8 Å². The van der Waals surface area contributed by atoms with Gasteiger partial charge in [0.2, 0.25) is 0 Å². The van der Waals surface area contributed by atoms with Gasteiger partial charge >= 0.3 is 5.97 Å². The molecule has 5 nitrogen and oxygen atoms in total. The SMILES string of the molecule is CC(C)OC(=O)c1ccc(-c2ccc(/C=C3/SC(=S)N(Cc4ccccc4)C3=O)o2)cc1. The van der Waals surface area contributed by atoms with Gasteiger partial charge in [0.05, 0.1) is 23.1 Å². The highest BCUT2D eigenvalue weighted by atomic mass is 32.2. The van der Waals surface area contributed by atoms with Crippen LogP contribution in [0.4, 0.5) is 0 Å². The minimum atomic E-state index is -0.357. The molecule has 0 bridgehead atoms. The fourth-order valence-corrected chi connectivity index (χ4v) is 4.40. The van der Waals surface area contributed by atoms with Gasteiger partial charge in [-0.25, -0.2) is 4.79 Å². The summed E-state index contributed by atoms with van der Waals surface area (Å²) in [6, 6.07) is 20.4. The molecule has 2 heterocycles. The van der Waals surface area contributed by atoms with Gasteiger partial charge in [0.1, 0.15) is 15.8 Å². The van der Waals surface area contributed by atoms with Gasteiger partial charge in [-0.05, 0) is 43.7 Å². The highest BCUT2D eigenvalue weighted by Crippen LogP contribution is 2.34. The van der Waals surface area contributed by atoms with Crippen LogP contribution in [0, 0.1) is 0 Å². The molecule has 0 saturated carbocycles. The monoisotopic (exact) mass is 463 g/mol. The Kier molecular flexibility index (Phi) is 6.58. The number of carbonyl (C=O) groups is 2. The molecule has 0 atom stereocenters. The molecule has 2 aromatic carbocycles. The third-order valence-corrected chi connectivity index (χ3v) is 6.08. The van der Waals surface area contributed by atoms with Crippen molar-refractivity contribution in [3.63, 3.8) is 0 Å². The molecular weight excluding hydrogens is 442 g/mol. The Bertz CT molecular complexity index is 1180. The molecule has 1 saturated heterocycles. The molecule has 0 aliphatic carbocycles. The zero-order valence-electron chi connectivity index (χ0n) is 17.6. The predicted octanol–water partition coefficient (Wildman–Crippen LogP) is 5.91. The van der Waals surface area contributed by atoms with Crippen LogP contribution in [0.3, 0.4) is 0 Å². The summed E-state index contributed by atoms with van der Waals surface area (Å²) in [5.41, 5.74) is 2.32. The largest absolute Gasteiger partial charge is 0.459 e. The Hall–Kier alpha value is -3.16. The number of thioether (sulfide) groups is 1. The summed E-state index contributed by atoms with van der Waals surface area (Å²) in [6.45, 7) is 4.07. The minimum absolute atomic E-state index is 0.130. The fraction of sp³-hybridized carbons (Fsp3) is 0.160. The average Bonchev–Trinajstić information content (AvgIpc) is 3.34. The summed E-state index contributed by atoms with van der Waals surface area (Å²) in [5.74, 6) is 0.710. The van der Waals surface area contributed by atoms with E-state index in [1.807, 2.05) is 50.2 Å². The summed E-state index contributed by atoms with van der Waals surface area (Å²) >= 11 is 6.68. The molecule has 0 unspecified atom stereocenters. The second-order valence-electron chi connectivity index (χ2n) is 7.49. The van der Waals surface area contributed by atoms with Crippen LogP contribution < -0.4 is 0 Å². The third-order valence-electron chi connectivity index (χ3n) is 4.71. The third kappa shape index (κ3) is 5.00. The Labute approximate surface area is 196 Å². The minimum Gasteiger partial charge on any atom is -0.459 e. The van der Waals surface area contributed by atoms with Crippen molar-refractivity contribution in [2.45, 2.75) is 26.5 Å². The molecule has 7 heteroatoms. The molecule has 1 fully saturated rings. The molecule has 1 aliphatic heterocycles. The Morgan fingerprint density at radius 1 is 1.09 bits per heavy atom. The van der Waals surface area contributed by atoms with Crippen LogP contribution >= 0.6 is 24.0 Å². The first kappa shape index (κ1) is 22.0. The summed E-state index contributed by atoms with van der Waals surface area (Å²) in [7, 11) is 0. The molecule has 0 spiro atoms. The van der Waals surface area contributed by atoms with Crippen LogP contribution in [0.5, 0.6) is 0 Å². The van der Waals surface area contributed by atoms with E-state index in [0.29, 0.717) is 32.9 Å². The van der Waals surface area contributed by atoms with Crippen LogP contribution in [-0.2, 0) is 16.1 Å². The second-order valence-corrected chi connectivity index (χ2v) is 9.16. The standard InChI is InChI=1S/C25H21NO4S2/c1-16(2)29-24(28)19-10-8-18(9-11-19)21-13-12-20(30-21)14-22-23(27)26(25(31)32-22)15-17-6-4-3-5-7-17/h3-14,16H,15H2,1-2H3/b22-14+. The smallest absolute Gasteiger partial charge is 0.338 e. The molecule has 0 radical (unpaired) electrons. The van der Waals surface area contributed by atoms with E-state index in [-0.39, 0.29) is 18.0 Å². The summed E-state index contributed by atoms with van der Waals surface area (Å²) in [6.07, 6.45) is 1.54. The number of furan rings is 1. The van der Waals surface area contributed by atoms with Gasteiger partial charge in [-0.15, -0.1) is 0 Å². The maximum absolute atomic E-state index is 12.8. The maximum Gasteiger partial charge on any atom is 0.338 e. The van der Waals surface area contributed by atoms with Gasteiger partial charge in [0.25, 0.3) is 5.91 Å². The van der Waals surface area contributed by atoms with E-state index in [4.69, 9.17) is 21.4 Å². The van der Waals surface area contributed by atoms with Crippen LogP contribution in [0.25, 0.3) is 17.4 Å². The normalized spacial score (nSPS) is 15.1. The second kappa shape index (κ2) is 9.54. The number of hydrogen-bond acceptors (Lipinski definition) is 6. The van der Waals surface area contributed by atoms with E-state index in [2.05, 4.69) is 0 Å². The molecule has 162 valence electrons. The number of rotatable bonds is 6. The van der Waals surface area contributed by atoms with Crippen molar-refractivity contribution in [3.05, 3.63) is 88.5 Å². The predicted molar refractivity (Wildman–Crippen MR) is 130 cm³/mol. The van der Waals surface area contributed by atoms with Gasteiger partial charge in [-0.1, -0.05) is 66.4 Å². The summed E-state index contributed by atoms with van der Waals surface area (Å²) in [5, 5.41) is 0. The van der Waals surface area contributed by atoms with Gasteiger partial charge < -0.3 is 9.15 Å². The molecule has 32 heavy (non-hydrogen) atoms. The van der Waals surface area contributed by atoms with Crippen LogP contribution in [-0.4, -0.2) is 27.2 Å². The van der Waals surface area contributed by atoms with Crippen LogP contribution in [0.15, 0.2) is 76.1 Å². The average molecular weight is 464 g/mol. The number of ether oxygens (including phenoxy) is 1. The van der Waals surface area contributed by atoms with E-state index in [1.165, 1.54) is 11.8 Å². The van der Waals surface area contributed by atoms with E-state index < -0.39 is 0 Å². The van der Waals surface area contributed by atoms with Crippen LogP contribution in [0.2, 0.25) is 0 Å². The Morgan fingerprint density at radius 2 is 1.81 bits per heavy atom. The number of benzene rings is 2. The molecular formula is C25H21NO4S2. The van der Waals surface area contributed by atoms with E-state index in [9.17, 15) is 9.59 Å². The number of thiocarbonyl (C=S) groups is 1. The van der Waals surface area contributed by atoms with E-state index >= 15 is 0 Å². The number of hydrogen-bond donors (Lipinski definition) is 0. The van der Waals surface area contributed by atoms with Crippen molar-refractivity contribution in [2.75, 3.05) is 0 Å². The van der Waals surface area contributed by atoms with Gasteiger partial charge in [0, 0.05) is 11.6 Å². The van der Waals surface area contributed by atoms with Gasteiger partial charge in [-0.2, -0.15) is 0 Å². The Morgan fingerprint density at radius 3 is 2.50 bits per heavy atom. The first-order valence-electron chi connectivity index (χ1n) is 10.1. The molecule has 1 amide bonds. The fourth-order valence-electron chi connectivity index (χ4n) is 3.17. The van der Waals surface area contributed by atoms with Gasteiger partial charge in [0.15, 0.2) is 0 Å². The van der Waals surface area contributed by atoms with Crippen molar-refractivity contribution in [1.29, 1.82) is 0 Å². The molecule has 4 rings (SSSR count). The lowest BCUT2D eigenvalue weighted by Gasteiger charge is -2.14. The zero-order valence-corrected chi connectivity index (χ0v) is 19.2. The molecule has 0 N–H and O–H groups in total. The van der Waals surface area contributed by atoms with Crippen molar-refractivity contribution in [2.24, 2.45) is 0 Å². The number of amides is 1.